The monoisotopic (exact) mass is 392 g/mol. The van der Waals surface area contributed by atoms with Crippen molar-refractivity contribution in [1.82, 2.24) is 19.9 Å². The summed E-state index contributed by atoms with van der Waals surface area (Å²) in [5.74, 6) is 2.22. The average molecular weight is 392 g/mol. The van der Waals surface area contributed by atoms with Crippen LogP contribution in [0.15, 0.2) is 46.2 Å². The van der Waals surface area contributed by atoms with Crippen LogP contribution < -0.4 is 0 Å². The van der Waals surface area contributed by atoms with Crippen LogP contribution in [0.25, 0.3) is 21.8 Å². The molecule has 1 fully saturated rings. The van der Waals surface area contributed by atoms with Gasteiger partial charge in [-0.1, -0.05) is 18.2 Å². The van der Waals surface area contributed by atoms with Crippen LogP contribution in [0.2, 0.25) is 0 Å². The van der Waals surface area contributed by atoms with Crippen molar-refractivity contribution < 1.29 is 9.21 Å². The minimum atomic E-state index is -0.0103. The zero-order valence-electron chi connectivity index (χ0n) is 15.5. The Balaban J connectivity index is 1.37. The van der Waals surface area contributed by atoms with E-state index in [9.17, 15) is 4.79 Å². The Kier molecular flexibility index (Phi) is 4.24. The largest absolute Gasteiger partial charge is 0.440 e. The fraction of sp³-hybridized carbons (Fsp3) is 0.286. The van der Waals surface area contributed by atoms with Crippen molar-refractivity contribution in [2.75, 3.05) is 6.54 Å². The highest BCUT2D eigenvalue weighted by Crippen LogP contribution is 2.32. The highest BCUT2D eigenvalue weighted by Gasteiger charge is 2.32. The number of fused-ring (bicyclic) bond motifs is 1. The second-order valence-corrected chi connectivity index (χ2v) is 8.01. The Labute approximate surface area is 166 Å². The van der Waals surface area contributed by atoms with E-state index in [1.54, 1.807) is 11.3 Å². The number of oxazole rings is 1. The molecule has 0 bridgehead atoms. The van der Waals surface area contributed by atoms with E-state index in [0.29, 0.717) is 17.3 Å². The molecule has 0 radical (unpaired) electrons. The van der Waals surface area contributed by atoms with E-state index in [1.807, 2.05) is 53.6 Å². The number of carbonyl (C=O) groups excluding carboxylic acids is 1. The van der Waals surface area contributed by atoms with Gasteiger partial charge in [0.15, 0.2) is 0 Å². The third kappa shape index (κ3) is 3.01. The summed E-state index contributed by atoms with van der Waals surface area (Å²) in [6.45, 7) is 2.61. The molecule has 4 aromatic rings. The number of H-pyrrole nitrogens is 1. The van der Waals surface area contributed by atoms with Gasteiger partial charge in [0.05, 0.1) is 34.1 Å². The Bertz CT molecular complexity index is 1100. The number of hydrogen-bond acceptors (Lipinski definition) is 5. The molecule has 1 saturated heterocycles. The third-order valence-electron chi connectivity index (χ3n) is 5.24. The molecule has 1 aliphatic rings. The van der Waals surface area contributed by atoms with Gasteiger partial charge in [-0.05, 0) is 43.3 Å². The first kappa shape index (κ1) is 17.2. The van der Waals surface area contributed by atoms with Crippen molar-refractivity contribution in [2.45, 2.75) is 32.2 Å². The van der Waals surface area contributed by atoms with Crippen LogP contribution in [-0.2, 0) is 11.2 Å². The van der Waals surface area contributed by atoms with Crippen molar-refractivity contribution in [2.24, 2.45) is 0 Å². The number of imidazole rings is 1. The van der Waals surface area contributed by atoms with Gasteiger partial charge < -0.3 is 14.3 Å². The van der Waals surface area contributed by atoms with Crippen LogP contribution in [0.5, 0.6) is 0 Å². The Morgan fingerprint density at radius 3 is 3.00 bits per heavy atom. The zero-order valence-corrected chi connectivity index (χ0v) is 16.3. The van der Waals surface area contributed by atoms with Crippen LogP contribution in [-0.4, -0.2) is 32.3 Å². The number of nitrogens with one attached hydrogen (secondary N) is 1. The maximum absolute atomic E-state index is 13.1. The zero-order chi connectivity index (χ0) is 19.1. The van der Waals surface area contributed by atoms with Gasteiger partial charge in [0.1, 0.15) is 11.6 Å². The number of thiophene rings is 1. The SMILES string of the molecule is Cc1oc(-c2cccs2)nc1CC(=O)N1CCC[C@@H]1c1nc2ccccc2[nH]1. The quantitative estimate of drug-likeness (QED) is 0.555. The molecule has 0 unspecified atom stereocenters. The van der Waals surface area contributed by atoms with E-state index in [0.717, 1.165) is 41.1 Å². The van der Waals surface area contributed by atoms with Crippen molar-refractivity contribution in [3.05, 3.63) is 59.1 Å². The highest BCUT2D eigenvalue weighted by molar-refractivity contribution is 7.13. The lowest BCUT2D eigenvalue weighted by atomic mass is 10.2. The molecule has 4 heterocycles. The Morgan fingerprint density at radius 1 is 1.29 bits per heavy atom. The fourth-order valence-electron chi connectivity index (χ4n) is 3.82. The molecular weight excluding hydrogens is 372 g/mol. The Morgan fingerprint density at radius 2 is 2.18 bits per heavy atom. The normalized spacial score (nSPS) is 16.9. The Hall–Kier alpha value is -2.93. The van der Waals surface area contributed by atoms with Gasteiger partial charge >= 0.3 is 0 Å². The van der Waals surface area contributed by atoms with Crippen LogP contribution in [0, 0.1) is 6.92 Å². The van der Waals surface area contributed by atoms with Gasteiger partial charge in [0, 0.05) is 6.54 Å². The molecular formula is C21H20N4O2S. The maximum Gasteiger partial charge on any atom is 0.236 e. The number of benzene rings is 1. The summed E-state index contributed by atoms with van der Waals surface area (Å²) < 4.78 is 5.78. The van der Waals surface area contributed by atoms with E-state index in [-0.39, 0.29) is 18.4 Å². The predicted molar refractivity (Wildman–Crippen MR) is 108 cm³/mol. The number of likely N-dealkylation sites (tertiary alicyclic amines) is 1. The predicted octanol–water partition coefficient (Wildman–Crippen LogP) is 4.49. The van der Waals surface area contributed by atoms with E-state index in [2.05, 4.69) is 9.97 Å². The number of para-hydroxylation sites is 2. The van der Waals surface area contributed by atoms with Crippen molar-refractivity contribution in [1.29, 1.82) is 0 Å². The van der Waals surface area contributed by atoms with Gasteiger partial charge in [0.2, 0.25) is 11.8 Å². The first-order chi connectivity index (χ1) is 13.7. The first-order valence-corrected chi connectivity index (χ1v) is 10.3. The van der Waals surface area contributed by atoms with Gasteiger partial charge in [-0.3, -0.25) is 4.79 Å². The van der Waals surface area contributed by atoms with Crippen LogP contribution in [0.1, 0.15) is 36.2 Å². The summed E-state index contributed by atoms with van der Waals surface area (Å²) in [4.78, 5) is 28.6. The molecule has 1 amide bonds. The minimum absolute atomic E-state index is 0.0103. The molecule has 0 spiro atoms. The van der Waals surface area contributed by atoms with Gasteiger partial charge in [-0.2, -0.15) is 0 Å². The number of carbonyl (C=O) groups is 1. The van der Waals surface area contributed by atoms with E-state index >= 15 is 0 Å². The third-order valence-corrected chi connectivity index (χ3v) is 6.10. The summed E-state index contributed by atoms with van der Waals surface area (Å²) in [7, 11) is 0. The number of aromatic amines is 1. The topological polar surface area (TPSA) is 75.0 Å². The van der Waals surface area contributed by atoms with E-state index in [4.69, 9.17) is 9.40 Å². The number of rotatable bonds is 4. The number of nitrogens with zero attached hydrogens (tertiary/aromatic N) is 3. The summed E-state index contributed by atoms with van der Waals surface area (Å²) in [5, 5.41) is 1.99. The highest BCUT2D eigenvalue weighted by atomic mass is 32.1. The molecule has 142 valence electrons. The second-order valence-electron chi connectivity index (χ2n) is 7.06. The fourth-order valence-corrected chi connectivity index (χ4v) is 4.47. The van der Waals surface area contributed by atoms with Gasteiger partial charge in [0.25, 0.3) is 0 Å². The van der Waals surface area contributed by atoms with Crippen molar-refractivity contribution in [3.8, 4) is 10.8 Å². The first-order valence-electron chi connectivity index (χ1n) is 9.43. The number of amides is 1. The molecule has 7 heteroatoms. The lowest BCUT2D eigenvalue weighted by molar-refractivity contribution is -0.131. The van der Waals surface area contributed by atoms with E-state index in [1.165, 1.54) is 0 Å². The van der Waals surface area contributed by atoms with Crippen LogP contribution in [0.4, 0.5) is 0 Å². The molecule has 5 rings (SSSR count). The maximum atomic E-state index is 13.1. The molecule has 1 aromatic carbocycles. The summed E-state index contributed by atoms with van der Waals surface area (Å²) in [5.41, 5.74) is 2.65. The molecule has 1 N–H and O–H groups in total. The lowest BCUT2D eigenvalue weighted by Crippen LogP contribution is -2.32. The van der Waals surface area contributed by atoms with Gasteiger partial charge in [-0.15, -0.1) is 11.3 Å². The standard InChI is InChI=1S/C21H20N4O2S/c1-13-16(24-21(27-13)18-9-5-11-28-18)12-19(26)25-10-4-8-17(25)20-22-14-6-2-3-7-15(14)23-20/h2-3,5-7,9,11,17H,4,8,10,12H2,1H3,(H,22,23)/t17-/m1/s1. The number of hydrogen-bond donors (Lipinski definition) is 1. The van der Waals surface area contributed by atoms with E-state index < -0.39 is 0 Å². The van der Waals surface area contributed by atoms with Gasteiger partial charge in [-0.25, -0.2) is 9.97 Å². The summed E-state index contributed by atoms with van der Waals surface area (Å²) in [6.07, 6.45) is 2.15. The average Bonchev–Trinajstić information content (AvgIpc) is 3.47. The summed E-state index contributed by atoms with van der Waals surface area (Å²) in [6, 6.07) is 11.9. The van der Waals surface area contributed by atoms with Crippen LogP contribution in [0.3, 0.4) is 0 Å². The molecule has 28 heavy (non-hydrogen) atoms. The van der Waals surface area contributed by atoms with Crippen LogP contribution >= 0.6 is 11.3 Å². The lowest BCUT2D eigenvalue weighted by Gasteiger charge is -2.23. The van der Waals surface area contributed by atoms with Crippen molar-refractivity contribution >= 4 is 28.3 Å². The number of aryl methyl sites for hydroxylation is 1. The molecule has 6 nitrogen and oxygen atoms in total. The summed E-state index contributed by atoms with van der Waals surface area (Å²) >= 11 is 1.58. The molecule has 1 atom stereocenters. The molecule has 0 aliphatic carbocycles. The smallest absolute Gasteiger partial charge is 0.236 e. The minimum Gasteiger partial charge on any atom is -0.440 e. The number of aromatic nitrogens is 3. The molecule has 3 aromatic heterocycles. The second kappa shape index (κ2) is 6.91. The van der Waals surface area contributed by atoms with Crippen molar-refractivity contribution in [3.63, 3.8) is 0 Å². The molecule has 0 saturated carbocycles. The molecule has 1 aliphatic heterocycles.